The van der Waals surface area contributed by atoms with Crippen molar-refractivity contribution in [2.24, 2.45) is 5.92 Å². The maximum absolute atomic E-state index is 12.4. The smallest absolute Gasteiger partial charge is 0.242 e. The van der Waals surface area contributed by atoms with Crippen LogP contribution in [0.25, 0.3) is 11.0 Å². The van der Waals surface area contributed by atoms with E-state index in [0.29, 0.717) is 23.5 Å². The summed E-state index contributed by atoms with van der Waals surface area (Å²) in [5.74, 6) is 0.363. The van der Waals surface area contributed by atoms with E-state index in [1.54, 1.807) is 18.3 Å². The van der Waals surface area contributed by atoms with E-state index in [0.717, 1.165) is 25.9 Å². The Labute approximate surface area is 130 Å². The molecule has 0 amide bonds. The third kappa shape index (κ3) is 3.55. The van der Waals surface area contributed by atoms with Gasteiger partial charge in [-0.2, -0.15) is 0 Å². The molecule has 0 spiro atoms. The molecule has 1 saturated heterocycles. The molecule has 1 aliphatic rings. The number of fused-ring (bicyclic) bond motifs is 1. The van der Waals surface area contributed by atoms with Gasteiger partial charge in [-0.25, -0.2) is 18.1 Å². The van der Waals surface area contributed by atoms with Gasteiger partial charge < -0.3 is 10.3 Å². The third-order valence-corrected chi connectivity index (χ3v) is 5.13. The summed E-state index contributed by atoms with van der Waals surface area (Å²) in [7, 11) is -3.49. The minimum Gasteiger partial charge on any atom is -0.345 e. The quantitative estimate of drug-likeness (QED) is 0.787. The number of aromatic amines is 1. The van der Waals surface area contributed by atoms with Crippen LogP contribution in [0.2, 0.25) is 0 Å². The Hall–Kier alpha value is -1.15. The van der Waals surface area contributed by atoms with Gasteiger partial charge in [-0.15, -0.1) is 12.4 Å². The number of hydrogen-bond donors (Lipinski definition) is 3. The van der Waals surface area contributed by atoms with Gasteiger partial charge in [-0.3, -0.25) is 0 Å². The molecule has 2 aromatic heterocycles. The normalized spacial score (nSPS) is 19.3. The number of rotatable bonds is 4. The minimum absolute atomic E-state index is 0. The lowest BCUT2D eigenvalue weighted by Crippen LogP contribution is -2.38. The van der Waals surface area contributed by atoms with Gasteiger partial charge in [0.05, 0.1) is 0 Å². The zero-order chi connectivity index (χ0) is 14.0. The van der Waals surface area contributed by atoms with Gasteiger partial charge >= 0.3 is 0 Å². The Morgan fingerprint density at radius 1 is 1.43 bits per heavy atom. The average molecular weight is 331 g/mol. The lowest BCUT2D eigenvalue weighted by atomic mass is 10.0. The fraction of sp³-hybridized carbons (Fsp3) is 0.462. The van der Waals surface area contributed by atoms with Crippen LogP contribution in [-0.2, 0) is 10.0 Å². The average Bonchev–Trinajstić information content (AvgIpc) is 2.91. The van der Waals surface area contributed by atoms with Gasteiger partial charge in [0.2, 0.25) is 10.0 Å². The predicted octanol–water partition coefficient (Wildman–Crippen LogP) is 1.26. The first-order valence-electron chi connectivity index (χ1n) is 6.79. The van der Waals surface area contributed by atoms with Crippen molar-refractivity contribution in [3.63, 3.8) is 0 Å². The van der Waals surface area contributed by atoms with E-state index in [-0.39, 0.29) is 17.3 Å². The highest BCUT2D eigenvalue weighted by molar-refractivity contribution is 7.89. The summed E-state index contributed by atoms with van der Waals surface area (Å²) < 4.78 is 27.4. The van der Waals surface area contributed by atoms with Crippen LogP contribution in [0.15, 0.2) is 29.4 Å². The Kier molecular flexibility index (Phi) is 5.21. The molecule has 8 heteroatoms. The first-order valence-corrected chi connectivity index (χ1v) is 8.27. The zero-order valence-corrected chi connectivity index (χ0v) is 13.1. The van der Waals surface area contributed by atoms with Crippen LogP contribution in [0.3, 0.4) is 0 Å². The number of piperidine rings is 1. The molecule has 1 atom stereocenters. The predicted molar refractivity (Wildman–Crippen MR) is 84.1 cm³/mol. The molecule has 0 radical (unpaired) electrons. The van der Waals surface area contributed by atoms with Crippen molar-refractivity contribution in [1.82, 2.24) is 20.0 Å². The molecule has 1 fully saturated rings. The Balaban J connectivity index is 0.00000161. The molecule has 3 rings (SSSR count). The second kappa shape index (κ2) is 6.74. The van der Waals surface area contributed by atoms with E-state index in [1.165, 1.54) is 6.20 Å². The van der Waals surface area contributed by atoms with Gasteiger partial charge in [-0.05, 0) is 44.0 Å². The number of pyridine rings is 1. The summed E-state index contributed by atoms with van der Waals surface area (Å²) in [6, 6.07) is 3.50. The van der Waals surface area contributed by atoms with E-state index in [9.17, 15) is 8.42 Å². The van der Waals surface area contributed by atoms with Gasteiger partial charge in [0, 0.05) is 24.3 Å². The highest BCUT2D eigenvalue weighted by Gasteiger charge is 2.21. The minimum atomic E-state index is -3.49. The molecule has 3 heterocycles. The highest BCUT2D eigenvalue weighted by Crippen LogP contribution is 2.20. The van der Waals surface area contributed by atoms with Gasteiger partial charge in [0.15, 0.2) is 0 Å². The molecule has 3 N–H and O–H groups in total. The van der Waals surface area contributed by atoms with Crippen molar-refractivity contribution in [3.8, 4) is 0 Å². The van der Waals surface area contributed by atoms with Gasteiger partial charge in [0.25, 0.3) is 0 Å². The van der Waals surface area contributed by atoms with Crippen molar-refractivity contribution >= 4 is 33.5 Å². The lowest BCUT2D eigenvalue weighted by molar-refractivity contribution is 0.376. The van der Waals surface area contributed by atoms with Crippen LogP contribution in [-0.4, -0.2) is 38.0 Å². The first kappa shape index (κ1) is 16.2. The molecule has 1 unspecified atom stereocenters. The highest BCUT2D eigenvalue weighted by atomic mass is 35.5. The summed E-state index contributed by atoms with van der Waals surface area (Å²) >= 11 is 0. The number of halogens is 1. The maximum atomic E-state index is 12.4. The Morgan fingerprint density at radius 2 is 2.29 bits per heavy atom. The largest absolute Gasteiger partial charge is 0.345 e. The summed E-state index contributed by atoms with van der Waals surface area (Å²) in [5.41, 5.74) is 0.590. The van der Waals surface area contributed by atoms with Crippen molar-refractivity contribution in [2.75, 3.05) is 19.6 Å². The third-order valence-electron chi connectivity index (χ3n) is 3.66. The molecular weight excluding hydrogens is 312 g/mol. The molecule has 0 saturated carbocycles. The van der Waals surface area contributed by atoms with E-state index < -0.39 is 10.0 Å². The van der Waals surface area contributed by atoms with E-state index in [1.807, 2.05) is 0 Å². The molecular formula is C13H19ClN4O2S. The van der Waals surface area contributed by atoms with Crippen molar-refractivity contribution < 1.29 is 8.42 Å². The topological polar surface area (TPSA) is 86.9 Å². The van der Waals surface area contributed by atoms with Crippen molar-refractivity contribution in [2.45, 2.75) is 17.7 Å². The van der Waals surface area contributed by atoms with Crippen LogP contribution in [0.5, 0.6) is 0 Å². The summed E-state index contributed by atoms with van der Waals surface area (Å²) in [6.07, 6.45) is 5.30. The number of sulfonamides is 1. The van der Waals surface area contributed by atoms with Gasteiger partial charge in [-0.1, -0.05) is 0 Å². The summed E-state index contributed by atoms with van der Waals surface area (Å²) in [6.45, 7) is 2.37. The zero-order valence-electron chi connectivity index (χ0n) is 11.5. The number of hydrogen-bond acceptors (Lipinski definition) is 4. The Bertz CT molecular complexity index is 695. The summed E-state index contributed by atoms with van der Waals surface area (Å²) in [4.78, 5) is 7.27. The second-order valence-electron chi connectivity index (χ2n) is 5.12. The number of nitrogens with one attached hydrogen (secondary N) is 3. The number of aromatic nitrogens is 2. The first-order chi connectivity index (χ1) is 9.67. The molecule has 0 bridgehead atoms. The molecule has 21 heavy (non-hydrogen) atoms. The molecule has 1 aliphatic heterocycles. The van der Waals surface area contributed by atoms with Crippen LogP contribution in [0.4, 0.5) is 0 Å². The Morgan fingerprint density at radius 3 is 3.05 bits per heavy atom. The standard InChI is InChI=1S/C13H18N4O2S.ClH/c18-20(19,17-8-10-3-1-5-14-7-10)12-9-16-13-11(12)4-2-6-15-13;/h2,4,6,9-10,14,17H,1,3,5,7-8H2,(H,15,16);1H. The fourth-order valence-electron chi connectivity index (χ4n) is 2.56. The molecule has 116 valence electrons. The van der Waals surface area contributed by atoms with E-state index in [2.05, 4.69) is 20.0 Å². The fourth-order valence-corrected chi connectivity index (χ4v) is 3.84. The number of nitrogens with zero attached hydrogens (tertiary/aromatic N) is 1. The molecule has 2 aromatic rings. The van der Waals surface area contributed by atoms with Crippen molar-refractivity contribution in [1.29, 1.82) is 0 Å². The SMILES string of the molecule is Cl.O=S(=O)(NCC1CCCNC1)c1c[nH]c2ncccc12. The van der Waals surface area contributed by atoms with Crippen molar-refractivity contribution in [3.05, 3.63) is 24.5 Å². The van der Waals surface area contributed by atoms with Gasteiger partial charge in [0.1, 0.15) is 10.5 Å². The van der Waals surface area contributed by atoms with E-state index >= 15 is 0 Å². The van der Waals surface area contributed by atoms with Crippen LogP contribution in [0, 0.1) is 5.92 Å². The molecule has 0 aliphatic carbocycles. The van der Waals surface area contributed by atoms with Crippen LogP contribution < -0.4 is 10.0 Å². The second-order valence-corrected chi connectivity index (χ2v) is 6.85. The monoisotopic (exact) mass is 330 g/mol. The van der Waals surface area contributed by atoms with E-state index in [4.69, 9.17) is 0 Å². The van der Waals surface area contributed by atoms with Crippen LogP contribution in [0.1, 0.15) is 12.8 Å². The molecule has 6 nitrogen and oxygen atoms in total. The number of H-pyrrole nitrogens is 1. The van der Waals surface area contributed by atoms with Crippen LogP contribution >= 0.6 is 12.4 Å². The lowest BCUT2D eigenvalue weighted by Gasteiger charge is -2.22. The summed E-state index contributed by atoms with van der Waals surface area (Å²) in [5, 5.41) is 3.91. The molecule has 0 aromatic carbocycles. The maximum Gasteiger partial charge on any atom is 0.242 e.